The molecule has 2 rings (SSSR count). The van der Waals surface area contributed by atoms with Crippen LogP contribution >= 0.6 is 0 Å². The number of nitrogens with two attached hydrogens (primary N) is 1. The van der Waals surface area contributed by atoms with Crippen LogP contribution in [-0.4, -0.2) is 16.0 Å². The second-order valence-electron chi connectivity index (χ2n) is 3.44. The van der Waals surface area contributed by atoms with Gasteiger partial charge in [0.05, 0.1) is 17.4 Å². The molecule has 1 atom stereocenters. The summed E-state index contributed by atoms with van der Waals surface area (Å²) in [5.41, 5.74) is 9.06. The second-order valence-corrected chi connectivity index (χ2v) is 3.44. The zero-order chi connectivity index (χ0) is 9.26. The molecule has 1 aromatic heterocycles. The van der Waals surface area contributed by atoms with Crippen LogP contribution in [0.3, 0.4) is 0 Å². The SMILES string of the molecule is CC(N)Cc1ccc2nc[nH]c2c1. The maximum atomic E-state index is 5.72. The van der Waals surface area contributed by atoms with Crippen molar-refractivity contribution >= 4 is 11.0 Å². The Morgan fingerprint density at radius 1 is 1.54 bits per heavy atom. The number of rotatable bonds is 2. The normalized spacial score (nSPS) is 13.4. The minimum atomic E-state index is 0.209. The number of hydrogen-bond donors (Lipinski definition) is 2. The number of aromatic amines is 1. The lowest BCUT2D eigenvalue weighted by atomic mass is 10.1. The van der Waals surface area contributed by atoms with Crippen LogP contribution < -0.4 is 5.73 Å². The average Bonchev–Trinajstić information content (AvgIpc) is 2.49. The second kappa shape index (κ2) is 3.18. The van der Waals surface area contributed by atoms with E-state index in [2.05, 4.69) is 22.1 Å². The summed E-state index contributed by atoms with van der Waals surface area (Å²) < 4.78 is 0. The predicted octanol–water partition coefficient (Wildman–Crippen LogP) is 1.45. The van der Waals surface area contributed by atoms with E-state index >= 15 is 0 Å². The molecule has 0 amide bonds. The van der Waals surface area contributed by atoms with Crippen molar-refractivity contribution < 1.29 is 0 Å². The van der Waals surface area contributed by atoms with Gasteiger partial charge in [0.25, 0.3) is 0 Å². The first-order chi connectivity index (χ1) is 6.25. The summed E-state index contributed by atoms with van der Waals surface area (Å²) in [5, 5.41) is 0. The molecule has 13 heavy (non-hydrogen) atoms. The van der Waals surface area contributed by atoms with E-state index in [1.165, 1.54) is 5.56 Å². The first-order valence-electron chi connectivity index (χ1n) is 4.43. The van der Waals surface area contributed by atoms with Crippen molar-refractivity contribution in [1.29, 1.82) is 0 Å². The van der Waals surface area contributed by atoms with Crippen molar-refractivity contribution in [2.75, 3.05) is 0 Å². The highest BCUT2D eigenvalue weighted by Crippen LogP contribution is 2.12. The molecular weight excluding hydrogens is 162 g/mol. The Hall–Kier alpha value is -1.35. The maximum Gasteiger partial charge on any atom is 0.0931 e. The molecule has 0 aliphatic heterocycles. The molecule has 3 heteroatoms. The van der Waals surface area contributed by atoms with Crippen LogP contribution in [0.2, 0.25) is 0 Å². The summed E-state index contributed by atoms with van der Waals surface area (Å²) in [6.07, 6.45) is 2.62. The van der Waals surface area contributed by atoms with Gasteiger partial charge in [0.1, 0.15) is 0 Å². The molecule has 1 aromatic carbocycles. The highest BCUT2D eigenvalue weighted by atomic mass is 14.9. The molecule has 0 radical (unpaired) electrons. The van der Waals surface area contributed by atoms with E-state index in [0.29, 0.717) is 0 Å². The van der Waals surface area contributed by atoms with Gasteiger partial charge in [-0.3, -0.25) is 0 Å². The Balaban J connectivity index is 2.37. The van der Waals surface area contributed by atoms with Crippen LogP contribution in [0, 0.1) is 0 Å². The van der Waals surface area contributed by atoms with Gasteiger partial charge in [0.15, 0.2) is 0 Å². The Kier molecular flexibility index (Phi) is 2.02. The Morgan fingerprint density at radius 3 is 3.15 bits per heavy atom. The number of fused-ring (bicyclic) bond motifs is 1. The molecule has 3 N–H and O–H groups in total. The smallest absolute Gasteiger partial charge is 0.0931 e. The van der Waals surface area contributed by atoms with Gasteiger partial charge in [-0.25, -0.2) is 4.98 Å². The third-order valence-corrected chi connectivity index (χ3v) is 2.04. The van der Waals surface area contributed by atoms with E-state index in [-0.39, 0.29) is 6.04 Å². The summed E-state index contributed by atoms with van der Waals surface area (Å²) in [7, 11) is 0. The first kappa shape index (κ1) is 8.26. The molecule has 1 heterocycles. The van der Waals surface area contributed by atoms with E-state index < -0.39 is 0 Å². The number of H-pyrrole nitrogens is 1. The minimum Gasteiger partial charge on any atom is -0.345 e. The molecular formula is C10H13N3. The standard InChI is InChI=1S/C10H13N3/c1-7(11)4-8-2-3-9-10(5-8)13-6-12-9/h2-3,5-7H,4,11H2,1H3,(H,12,13). The maximum absolute atomic E-state index is 5.72. The summed E-state index contributed by atoms with van der Waals surface area (Å²) in [6.45, 7) is 2.01. The van der Waals surface area contributed by atoms with E-state index in [1.54, 1.807) is 6.33 Å². The molecule has 0 saturated carbocycles. The largest absolute Gasteiger partial charge is 0.345 e. The third-order valence-electron chi connectivity index (χ3n) is 2.04. The highest BCUT2D eigenvalue weighted by Gasteiger charge is 2.00. The van der Waals surface area contributed by atoms with Crippen LogP contribution in [0.25, 0.3) is 11.0 Å². The van der Waals surface area contributed by atoms with E-state index in [4.69, 9.17) is 5.73 Å². The van der Waals surface area contributed by atoms with Gasteiger partial charge in [-0.2, -0.15) is 0 Å². The number of aromatic nitrogens is 2. The summed E-state index contributed by atoms with van der Waals surface area (Å²) in [5.74, 6) is 0. The number of nitrogens with zero attached hydrogens (tertiary/aromatic N) is 1. The van der Waals surface area contributed by atoms with Crippen molar-refractivity contribution in [3.05, 3.63) is 30.1 Å². The van der Waals surface area contributed by atoms with Gasteiger partial charge in [-0.05, 0) is 31.0 Å². The Labute approximate surface area is 77.0 Å². The van der Waals surface area contributed by atoms with Gasteiger partial charge in [-0.15, -0.1) is 0 Å². The fourth-order valence-corrected chi connectivity index (χ4v) is 1.48. The minimum absolute atomic E-state index is 0.209. The number of benzene rings is 1. The van der Waals surface area contributed by atoms with Gasteiger partial charge >= 0.3 is 0 Å². The first-order valence-corrected chi connectivity index (χ1v) is 4.43. The molecule has 0 fully saturated rings. The molecule has 0 aliphatic carbocycles. The van der Waals surface area contributed by atoms with Gasteiger partial charge in [0, 0.05) is 6.04 Å². The Morgan fingerprint density at radius 2 is 2.38 bits per heavy atom. The summed E-state index contributed by atoms with van der Waals surface area (Å²) in [4.78, 5) is 7.23. The molecule has 0 saturated heterocycles. The van der Waals surface area contributed by atoms with Crippen LogP contribution in [0.4, 0.5) is 0 Å². The van der Waals surface area contributed by atoms with Crippen LogP contribution in [0.1, 0.15) is 12.5 Å². The highest BCUT2D eigenvalue weighted by molar-refractivity contribution is 5.75. The van der Waals surface area contributed by atoms with Gasteiger partial charge < -0.3 is 10.7 Å². The molecule has 0 aliphatic rings. The molecule has 0 spiro atoms. The van der Waals surface area contributed by atoms with Gasteiger partial charge in [-0.1, -0.05) is 6.07 Å². The molecule has 2 aromatic rings. The van der Waals surface area contributed by atoms with E-state index in [9.17, 15) is 0 Å². The van der Waals surface area contributed by atoms with Crippen LogP contribution in [0.5, 0.6) is 0 Å². The Bertz CT molecular complexity index is 403. The third kappa shape index (κ3) is 1.70. The van der Waals surface area contributed by atoms with Crippen molar-refractivity contribution in [2.45, 2.75) is 19.4 Å². The van der Waals surface area contributed by atoms with E-state index in [0.717, 1.165) is 17.5 Å². The van der Waals surface area contributed by atoms with Crippen molar-refractivity contribution in [3.8, 4) is 0 Å². The number of hydrogen-bond acceptors (Lipinski definition) is 2. The molecule has 68 valence electrons. The molecule has 0 bridgehead atoms. The van der Waals surface area contributed by atoms with Crippen LogP contribution in [0.15, 0.2) is 24.5 Å². The monoisotopic (exact) mass is 175 g/mol. The quantitative estimate of drug-likeness (QED) is 0.725. The summed E-state index contributed by atoms with van der Waals surface area (Å²) in [6, 6.07) is 6.40. The summed E-state index contributed by atoms with van der Waals surface area (Å²) >= 11 is 0. The topological polar surface area (TPSA) is 54.7 Å². The predicted molar refractivity (Wildman–Crippen MR) is 53.4 cm³/mol. The number of imidazole rings is 1. The van der Waals surface area contributed by atoms with Gasteiger partial charge in [0.2, 0.25) is 0 Å². The fourth-order valence-electron chi connectivity index (χ4n) is 1.48. The average molecular weight is 175 g/mol. The van der Waals surface area contributed by atoms with Crippen molar-refractivity contribution in [3.63, 3.8) is 0 Å². The van der Waals surface area contributed by atoms with Crippen LogP contribution in [-0.2, 0) is 6.42 Å². The van der Waals surface area contributed by atoms with Crippen molar-refractivity contribution in [2.24, 2.45) is 5.73 Å². The zero-order valence-corrected chi connectivity index (χ0v) is 7.62. The van der Waals surface area contributed by atoms with E-state index in [1.807, 2.05) is 13.0 Å². The zero-order valence-electron chi connectivity index (χ0n) is 7.62. The molecule has 1 unspecified atom stereocenters. The number of nitrogens with one attached hydrogen (secondary N) is 1. The lowest BCUT2D eigenvalue weighted by molar-refractivity contribution is 0.739. The molecule has 3 nitrogen and oxygen atoms in total. The van der Waals surface area contributed by atoms with Crippen molar-refractivity contribution in [1.82, 2.24) is 9.97 Å². The fraction of sp³-hybridized carbons (Fsp3) is 0.300. The lowest BCUT2D eigenvalue weighted by Gasteiger charge is -2.04. The lowest BCUT2D eigenvalue weighted by Crippen LogP contribution is -2.17.